The number of nitrogens with zero attached hydrogens (tertiary/aromatic N) is 3. The molecule has 1 amide bonds. The van der Waals surface area contributed by atoms with Crippen LogP contribution in [0.2, 0.25) is 5.02 Å². The number of fused-ring (bicyclic) bond motifs is 1. The predicted octanol–water partition coefficient (Wildman–Crippen LogP) is 5.91. The average molecular weight is 585 g/mol. The van der Waals surface area contributed by atoms with Gasteiger partial charge in [0.2, 0.25) is 0 Å². The van der Waals surface area contributed by atoms with Crippen LogP contribution in [0.3, 0.4) is 0 Å². The summed E-state index contributed by atoms with van der Waals surface area (Å²) in [5.74, 6) is 0.617. The SMILES string of the molecule is CC(C)(C)OC(=O)N(CCOc1ccc(Cl)cc1)CCN(c1cc(Br)cc2cnccc12)S(=O)O. The van der Waals surface area contributed by atoms with E-state index in [1.165, 1.54) is 9.21 Å². The van der Waals surface area contributed by atoms with Crippen molar-refractivity contribution in [3.63, 3.8) is 0 Å². The van der Waals surface area contributed by atoms with E-state index in [-0.39, 0.29) is 26.2 Å². The van der Waals surface area contributed by atoms with Gasteiger partial charge in [-0.3, -0.25) is 13.8 Å². The maximum absolute atomic E-state index is 12.9. The molecule has 0 radical (unpaired) electrons. The zero-order valence-electron chi connectivity index (χ0n) is 19.6. The van der Waals surface area contributed by atoms with E-state index >= 15 is 0 Å². The normalized spacial score (nSPS) is 12.3. The minimum absolute atomic E-state index is 0.0805. The van der Waals surface area contributed by atoms with Gasteiger partial charge >= 0.3 is 6.09 Å². The number of aromatic nitrogens is 1. The van der Waals surface area contributed by atoms with Crippen molar-refractivity contribution in [3.05, 3.63) is 64.4 Å². The Morgan fingerprint density at radius 1 is 1.14 bits per heavy atom. The summed E-state index contributed by atoms with van der Waals surface area (Å²) in [5.41, 5.74) is -0.154. The molecule has 0 aliphatic carbocycles. The number of pyridine rings is 1. The van der Waals surface area contributed by atoms with Gasteiger partial charge in [-0.2, -0.15) is 0 Å². The lowest BCUT2D eigenvalue weighted by molar-refractivity contribution is 0.0233. The van der Waals surface area contributed by atoms with Gasteiger partial charge in [0.25, 0.3) is 11.3 Å². The number of hydrogen-bond acceptors (Lipinski definition) is 5. The number of benzene rings is 2. The van der Waals surface area contributed by atoms with Crippen LogP contribution in [0.4, 0.5) is 10.5 Å². The first-order valence-electron chi connectivity index (χ1n) is 10.8. The smallest absolute Gasteiger partial charge is 0.410 e. The van der Waals surface area contributed by atoms with Crippen LogP contribution in [0, 0.1) is 0 Å². The lowest BCUT2D eigenvalue weighted by Crippen LogP contribution is -2.43. The maximum Gasteiger partial charge on any atom is 0.410 e. The molecule has 1 heterocycles. The van der Waals surface area contributed by atoms with E-state index < -0.39 is 23.0 Å². The van der Waals surface area contributed by atoms with Crippen molar-refractivity contribution in [3.8, 4) is 5.75 Å². The van der Waals surface area contributed by atoms with Crippen LogP contribution in [0.1, 0.15) is 20.8 Å². The minimum atomic E-state index is -2.34. The van der Waals surface area contributed by atoms with E-state index in [2.05, 4.69) is 20.9 Å². The fraction of sp³-hybridized carbons (Fsp3) is 0.333. The van der Waals surface area contributed by atoms with Gasteiger partial charge in [0.15, 0.2) is 0 Å². The first-order valence-corrected chi connectivity index (χ1v) is 13.0. The van der Waals surface area contributed by atoms with Crippen LogP contribution < -0.4 is 9.04 Å². The second-order valence-corrected chi connectivity index (χ2v) is 10.9. The van der Waals surface area contributed by atoms with Crippen LogP contribution in [0.25, 0.3) is 10.8 Å². The van der Waals surface area contributed by atoms with E-state index in [0.29, 0.717) is 16.5 Å². The zero-order valence-corrected chi connectivity index (χ0v) is 22.8. The molecule has 35 heavy (non-hydrogen) atoms. The van der Waals surface area contributed by atoms with E-state index in [1.807, 2.05) is 6.07 Å². The summed E-state index contributed by atoms with van der Waals surface area (Å²) in [5, 5.41) is 2.17. The molecular formula is C24H27BrClN3O5S. The maximum atomic E-state index is 12.9. The van der Waals surface area contributed by atoms with Gasteiger partial charge in [0.05, 0.1) is 18.8 Å². The average Bonchev–Trinajstić information content (AvgIpc) is 2.77. The first-order chi connectivity index (χ1) is 16.5. The lowest BCUT2D eigenvalue weighted by Gasteiger charge is -2.29. The largest absolute Gasteiger partial charge is 0.492 e. The van der Waals surface area contributed by atoms with Gasteiger partial charge in [-0.25, -0.2) is 9.00 Å². The second-order valence-electron chi connectivity index (χ2n) is 8.62. The van der Waals surface area contributed by atoms with E-state index in [0.717, 1.165) is 15.2 Å². The Morgan fingerprint density at radius 3 is 2.51 bits per heavy atom. The summed E-state index contributed by atoms with van der Waals surface area (Å²) in [6.07, 6.45) is 2.77. The summed E-state index contributed by atoms with van der Waals surface area (Å²) >= 11 is 7.03. The number of rotatable bonds is 9. The Bertz CT molecular complexity index is 1190. The highest BCUT2D eigenvalue weighted by Crippen LogP contribution is 2.31. The number of halogens is 2. The molecule has 0 aliphatic rings. The topological polar surface area (TPSA) is 92.2 Å². The van der Waals surface area contributed by atoms with Crippen LogP contribution in [0.15, 0.2) is 59.3 Å². The van der Waals surface area contributed by atoms with Crippen molar-refractivity contribution in [1.82, 2.24) is 9.88 Å². The highest BCUT2D eigenvalue weighted by Gasteiger charge is 2.24. The Morgan fingerprint density at radius 2 is 1.86 bits per heavy atom. The Labute approximate surface area is 220 Å². The quantitative estimate of drug-likeness (QED) is 0.315. The summed E-state index contributed by atoms with van der Waals surface area (Å²) in [6, 6.07) is 12.3. The van der Waals surface area contributed by atoms with Crippen molar-refractivity contribution < 1.29 is 23.0 Å². The van der Waals surface area contributed by atoms with Crippen molar-refractivity contribution in [2.45, 2.75) is 26.4 Å². The summed E-state index contributed by atoms with van der Waals surface area (Å²) in [6.45, 7) is 5.97. The molecule has 8 nitrogen and oxygen atoms in total. The number of amides is 1. The monoisotopic (exact) mass is 583 g/mol. The molecule has 1 N–H and O–H groups in total. The van der Waals surface area contributed by atoms with Crippen molar-refractivity contribution in [1.29, 1.82) is 0 Å². The predicted molar refractivity (Wildman–Crippen MR) is 142 cm³/mol. The van der Waals surface area contributed by atoms with Gasteiger partial charge in [-0.1, -0.05) is 27.5 Å². The molecular weight excluding hydrogens is 558 g/mol. The number of ether oxygens (including phenoxy) is 2. The molecule has 0 fully saturated rings. The fourth-order valence-electron chi connectivity index (χ4n) is 3.28. The summed E-state index contributed by atoms with van der Waals surface area (Å²) in [7, 11) is 0. The van der Waals surface area contributed by atoms with Crippen LogP contribution >= 0.6 is 27.5 Å². The van der Waals surface area contributed by atoms with E-state index in [1.54, 1.807) is 69.6 Å². The van der Waals surface area contributed by atoms with Crippen molar-refractivity contribution in [2.24, 2.45) is 0 Å². The highest BCUT2D eigenvalue weighted by atomic mass is 79.9. The lowest BCUT2D eigenvalue weighted by atomic mass is 10.1. The molecule has 1 atom stereocenters. The van der Waals surface area contributed by atoms with Crippen LogP contribution in [-0.2, 0) is 16.0 Å². The fourth-order valence-corrected chi connectivity index (χ4v) is 4.43. The Balaban J connectivity index is 1.77. The first kappa shape index (κ1) is 27.2. The molecule has 1 unspecified atom stereocenters. The molecule has 1 aromatic heterocycles. The zero-order chi connectivity index (χ0) is 25.6. The molecule has 11 heteroatoms. The Kier molecular flexibility index (Phi) is 9.34. The third kappa shape index (κ3) is 8.06. The number of carbonyl (C=O) groups excluding carboxylic acids is 1. The highest BCUT2D eigenvalue weighted by molar-refractivity contribution is 9.10. The summed E-state index contributed by atoms with van der Waals surface area (Å²) < 4.78 is 35.8. The van der Waals surface area contributed by atoms with Gasteiger partial charge in [-0.15, -0.1) is 0 Å². The molecule has 2 aromatic carbocycles. The molecule has 0 bridgehead atoms. The van der Waals surface area contributed by atoms with Gasteiger partial charge in [-0.05, 0) is 63.2 Å². The summed E-state index contributed by atoms with van der Waals surface area (Å²) in [4.78, 5) is 18.5. The van der Waals surface area contributed by atoms with Crippen LogP contribution in [-0.4, -0.2) is 56.6 Å². The molecule has 0 saturated heterocycles. The number of anilines is 1. The minimum Gasteiger partial charge on any atom is -0.492 e. The van der Waals surface area contributed by atoms with Gasteiger partial charge in [0, 0.05) is 39.2 Å². The van der Waals surface area contributed by atoms with E-state index in [9.17, 15) is 13.6 Å². The van der Waals surface area contributed by atoms with Gasteiger partial charge in [0.1, 0.15) is 18.0 Å². The molecule has 3 aromatic rings. The molecule has 0 saturated carbocycles. The number of carbonyl (C=O) groups is 1. The van der Waals surface area contributed by atoms with E-state index in [4.69, 9.17) is 21.1 Å². The van der Waals surface area contributed by atoms with Crippen molar-refractivity contribution in [2.75, 3.05) is 30.5 Å². The molecule has 3 rings (SSSR count). The van der Waals surface area contributed by atoms with Gasteiger partial charge < -0.3 is 14.4 Å². The van der Waals surface area contributed by atoms with Crippen molar-refractivity contribution >= 4 is 61.4 Å². The molecule has 0 spiro atoms. The van der Waals surface area contributed by atoms with Crippen LogP contribution in [0.5, 0.6) is 5.75 Å². The second kappa shape index (κ2) is 12.0. The third-order valence-electron chi connectivity index (χ3n) is 4.82. The molecule has 188 valence electrons. The molecule has 0 aliphatic heterocycles. The number of hydrogen-bond donors (Lipinski definition) is 1. The standard InChI is InChI=1S/C24H27BrClN3O5S/c1-24(2,3)34-23(30)28(12-13-33-20-6-4-19(26)5-7-20)10-11-29(35(31)32)22-15-18(25)14-17-16-27-9-8-21(17)22/h4-9,14-16H,10-13H2,1-3H3,(H,31,32). The third-order valence-corrected chi connectivity index (χ3v) is 6.29. The Hall–Kier alpha value is -2.40.